The number of benzene rings is 2. The molecule has 0 amide bonds. The second-order valence-electron chi connectivity index (χ2n) is 5.40. The van der Waals surface area contributed by atoms with E-state index in [2.05, 4.69) is 15.9 Å². The van der Waals surface area contributed by atoms with E-state index in [1.165, 1.54) is 18.2 Å². The van der Waals surface area contributed by atoms with Gasteiger partial charge in [0.05, 0.1) is 5.92 Å². The lowest BCUT2D eigenvalue weighted by molar-refractivity contribution is -0.139. The lowest BCUT2D eigenvalue weighted by Crippen LogP contribution is -2.18. The third kappa shape index (κ3) is 4.61. The van der Waals surface area contributed by atoms with E-state index in [1.54, 1.807) is 25.1 Å². The van der Waals surface area contributed by atoms with E-state index in [4.69, 9.17) is 11.6 Å². The Hall–Kier alpha value is -1.26. The Balaban J connectivity index is 2.37. The summed E-state index contributed by atoms with van der Waals surface area (Å²) >= 11 is 9.35. The van der Waals surface area contributed by atoms with Crippen LogP contribution >= 0.6 is 27.5 Å². The first kappa shape index (κ1) is 18.1. The fourth-order valence-electron chi connectivity index (χ4n) is 2.13. The molecule has 2 aromatic carbocycles. The maximum atomic E-state index is 13.4. The molecule has 0 saturated heterocycles. The summed E-state index contributed by atoms with van der Waals surface area (Å²) < 4.78 is 41.0. The first-order valence-corrected chi connectivity index (χ1v) is 8.12. The van der Waals surface area contributed by atoms with Gasteiger partial charge in [0.1, 0.15) is 0 Å². The Morgan fingerprint density at radius 2 is 1.70 bits per heavy atom. The summed E-state index contributed by atoms with van der Waals surface area (Å²) in [5, 5.41) is 0.336. The van der Waals surface area contributed by atoms with E-state index < -0.39 is 12.1 Å². The molecule has 0 radical (unpaired) electrons. The summed E-state index contributed by atoms with van der Waals surface area (Å²) in [5.74, 6) is -1.69. The first-order chi connectivity index (χ1) is 10.7. The molecule has 2 aromatic rings. The van der Waals surface area contributed by atoms with Crippen molar-refractivity contribution in [3.8, 4) is 0 Å². The van der Waals surface area contributed by atoms with Crippen LogP contribution in [0.1, 0.15) is 28.2 Å². The average Bonchev–Trinajstić information content (AvgIpc) is 2.45. The topological polar surface area (TPSA) is 0 Å². The van der Waals surface area contributed by atoms with E-state index in [-0.39, 0.29) is 5.56 Å². The number of hydrogen-bond donors (Lipinski definition) is 0. The van der Waals surface area contributed by atoms with E-state index in [9.17, 15) is 13.2 Å². The normalized spacial score (nSPS) is 13.5. The zero-order valence-corrected chi connectivity index (χ0v) is 14.9. The van der Waals surface area contributed by atoms with Gasteiger partial charge in [0, 0.05) is 9.50 Å². The van der Waals surface area contributed by atoms with Crippen LogP contribution in [0.4, 0.5) is 13.2 Å². The van der Waals surface area contributed by atoms with Gasteiger partial charge in [-0.25, -0.2) is 0 Å². The number of allylic oxidation sites excluding steroid dienone is 1. The molecule has 0 aliphatic heterocycles. The van der Waals surface area contributed by atoms with Gasteiger partial charge in [-0.1, -0.05) is 63.9 Å². The fraction of sp³-hybridized carbons (Fsp3) is 0.222. The SMILES string of the molecule is Cc1ccc(C(/C=C/c2ccc(C)c(Br)c2)C(F)(F)F)cc1Cl. The van der Waals surface area contributed by atoms with Crippen molar-refractivity contribution in [2.75, 3.05) is 0 Å². The zero-order valence-electron chi connectivity index (χ0n) is 12.6. The molecule has 2 rings (SSSR count). The van der Waals surface area contributed by atoms with Gasteiger partial charge in [0.15, 0.2) is 0 Å². The van der Waals surface area contributed by atoms with Crippen molar-refractivity contribution >= 4 is 33.6 Å². The van der Waals surface area contributed by atoms with Crippen molar-refractivity contribution < 1.29 is 13.2 Å². The Kier molecular flexibility index (Phi) is 5.58. The quantitative estimate of drug-likeness (QED) is 0.514. The van der Waals surface area contributed by atoms with Crippen molar-refractivity contribution in [1.29, 1.82) is 0 Å². The highest BCUT2D eigenvalue weighted by Crippen LogP contribution is 2.37. The summed E-state index contributed by atoms with van der Waals surface area (Å²) in [4.78, 5) is 0. The predicted molar refractivity (Wildman–Crippen MR) is 92.9 cm³/mol. The van der Waals surface area contributed by atoms with E-state index in [0.29, 0.717) is 10.6 Å². The second-order valence-corrected chi connectivity index (χ2v) is 6.66. The van der Waals surface area contributed by atoms with Crippen molar-refractivity contribution in [3.63, 3.8) is 0 Å². The molecule has 0 N–H and O–H groups in total. The zero-order chi connectivity index (χ0) is 17.2. The lowest BCUT2D eigenvalue weighted by atomic mass is 9.96. The Morgan fingerprint density at radius 3 is 2.26 bits per heavy atom. The van der Waals surface area contributed by atoms with Crippen molar-refractivity contribution in [1.82, 2.24) is 0 Å². The van der Waals surface area contributed by atoms with Crippen molar-refractivity contribution in [2.24, 2.45) is 0 Å². The molecule has 0 nitrogen and oxygen atoms in total. The summed E-state index contributed by atoms with van der Waals surface area (Å²) in [6.45, 7) is 3.68. The highest BCUT2D eigenvalue weighted by atomic mass is 79.9. The molecule has 1 unspecified atom stereocenters. The molecule has 0 aromatic heterocycles. The Labute approximate surface area is 147 Å². The summed E-state index contributed by atoms with van der Waals surface area (Å²) in [6.07, 6.45) is -1.73. The van der Waals surface area contributed by atoms with Crippen LogP contribution in [-0.4, -0.2) is 6.18 Å². The van der Waals surface area contributed by atoms with Gasteiger partial charge in [-0.15, -0.1) is 0 Å². The molecule has 23 heavy (non-hydrogen) atoms. The van der Waals surface area contributed by atoms with Crippen LogP contribution in [0.2, 0.25) is 5.02 Å². The maximum absolute atomic E-state index is 13.4. The maximum Gasteiger partial charge on any atom is 0.399 e. The molecule has 0 spiro atoms. The number of alkyl halides is 3. The van der Waals surface area contributed by atoms with E-state index in [1.807, 2.05) is 13.0 Å². The molecule has 1 atom stereocenters. The third-order valence-electron chi connectivity index (χ3n) is 3.58. The van der Waals surface area contributed by atoms with Gasteiger partial charge < -0.3 is 0 Å². The molecule has 0 aliphatic carbocycles. The molecule has 0 bridgehead atoms. The highest BCUT2D eigenvalue weighted by Gasteiger charge is 2.39. The number of halogens is 5. The van der Waals surface area contributed by atoms with Crippen LogP contribution in [0, 0.1) is 13.8 Å². The van der Waals surface area contributed by atoms with Crippen LogP contribution < -0.4 is 0 Å². The number of rotatable bonds is 3. The second kappa shape index (κ2) is 7.10. The minimum Gasteiger partial charge on any atom is -0.170 e. The summed E-state index contributed by atoms with van der Waals surface area (Å²) in [7, 11) is 0. The van der Waals surface area contributed by atoms with Crippen LogP contribution in [0.5, 0.6) is 0 Å². The molecule has 0 aliphatic rings. The number of hydrogen-bond acceptors (Lipinski definition) is 0. The van der Waals surface area contributed by atoms with Crippen molar-refractivity contribution in [2.45, 2.75) is 25.9 Å². The third-order valence-corrected chi connectivity index (χ3v) is 4.85. The fourth-order valence-corrected chi connectivity index (χ4v) is 2.72. The largest absolute Gasteiger partial charge is 0.399 e. The van der Waals surface area contributed by atoms with Gasteiger partial charge in [0.2, 0.25) is 0 Å². The molecular weight excluding hydrogens is 389 g/mol. The van der Waals surface area contributed by atoms with Crippen LogP contribution in [0.3, 0.4) is 0 Å². The minimum absolute atomic E-state index is 0.135. The molecule has 0 heterocycles. The van der Waals surface area contributed by atoms with Gasteiger partial charge in [-0.2, -0.15) is 13.2 Å². The summed E-state index contributed by atoms with van der Waals surface area (Å²) in [6, 6.07) is 9.88. The smallest absolute Gasteiger partial charge is 0.170 e. The average molecular weight is 404 g/mol. The highest BCUT2D eigenvalue weighted by molar-refractivity contribution is 9.10. The van der Waals surface area contributed by atoms with Crippen LogP contribution in [0.25, 0.3) is 6.08 Å². The van der Waals surface area contributed by atoms with E-state index in [0.717, 1.165) is 21.7 Å². The van der Waals surface area contributed by atoms with Gasteiger partial charge >= 0.3 is 6.18 Å². The van der Waals surface area contributed by atoms with Gasteiger partial charge in [-0.05, 0) is 48.2 Å². The molecule has 5 heteroatoms. The van der Waals surface area contributed by atoms with Crippen LogP contribution in [0.15, 0.2) is 46.9 Å². The molecular formula is C18H15BrClF3. The Bertz CT molecular complexity index is 736. The predicted octanol–water partition coefficient (Wildman–Crippen LogP) is 7.08. The standard InChI is InChI=1S/C18H15BrClF3/c1-11-3-5-13(9-16(11)19)6-8-15(18(21,22)23)14-7-4-12(2)17(20)10-14/h3-10,15H,1-2H3/b8-6+. The summed E-state index contributed by atoms with van der Waals surface area (Å²) in [5.41, 5.74) is 2.62. The molecule has 0 saturated carbocycles. The van der Waals surface area contributed by atoms with E-state index >= 15 is 0 Å². The Morgan fingerprint density at radius 1 is 1.04 bits per heavy atom. The minimum atomic E-state index is -4.38. The first-order valence-electron chi connectivity index (χ1n) is 6.95. The molecule has 122 valence electrons. The lowest BCUT2D eigenvalue weighted by Gasteiger charge is -2.18. The number of aryl methyl sites for hydroxylation is 2. The van der Waals surface area contributed by atoms with Crippen LogP contribution in [-0.2, 0) is 0 Å². The monoisotopic (exact) mass is 402 g/mol. The van der Waals surface area contributed by atoms with Crippen molar-refractivity contribution in [3.05, 3.63) is 74.2 Å². The van der Waals surface area contributed by atoms with Gasteiger partial charge in [0.25, 0.3) is 0 Å². The van der Waals surface area contributed by atoms with Gasteiger partial charge in [-0.3, -0.25) is 0 Å². The molecule has 0 fully saturated rings.